The molecule has 1 aromatic rings. The summed E-state index contributed by atoms with van der Waals surface area (Å²) in [6.45, 7) is 7.26. The van der Waals surface area contributed by atoms with Gasteiger partial charge in [0.15, 0.2) is 11.5 Å². The molecule has 5 nitrogen and oxygen atoms in total. The molecule has 3 heterocycles. The summed E-state index contributed by atoms with van der Waals surface area (Å²) in [6, 6.07) is 6.45. The average molecular weight is 330 g/mol. The standard InChI is InChI=1S/C19H26N2O3/c1-14(15-5-6-17-18(12-15)24-11-10-23-17)19(22)21-9-3-8-20-7-2-4-16(20)13-21/h5-6,12,14,16H,2-4,7-11,13H2,1H3/t14-,16+/m1/s1. The van der Waals surface area contributed by atoms with E-state index in [0.717, 1.165) is 43.1 Å². The van der Waals surface area contributed by atoms with Crippen molar-refractivity contribution in [1.29, 1.82) is 0 Å². The van der Waals surface area contributed by atoms with Crippen LogP contribution in [0.5, 0.6) is 11.5 Å². The van der Waals surface area contributed by atoms with Crippen molar-refractivity contribution in [3.8, 4) is 11.5 Å². The van der Waals surface area contributed by atoms with Crippen LogP contribution in [0, 0.1) is 0 Å². The summed E-state index contributed by atoms with van der Waals surface area (Å²) in [4.78, 5) is 17.7. The Hall–Kier alpha value is -1.75. The fraction of sp³-hybridized carbons (Fsp3) is 0.632. The van der Waals surface area contributed by atoms with Crippen molar-refractivity contribution in [3.63, 3.8) is 0 Å². The maximum Gasteiger partial charge on any atom is 0.229 e. The highest BCUT2D eigenvalue weighted by Crippen LogP contribution is 2.34. The van der Waals surface area contributed by atoms with E-state index in [1.807, 2.05) is 25.1 Å². The van der Waals surface area contributed by atoms with Crippen molar-refractivity contribution >= 4 is 5.91 Å². The highest BCUT2D eigenvalue weighted by Gasteiger charge is 2.32. The molecule has 2 saturated heterocycles. The van der Waals surface area contributed by atoms with E-state index in [1.165, 1.54) is 19.4 Å². The van der Waals surface area contributed by atoms with E-state index in [-0.39, 0.29) is 11.8 Å². The molecule has 0 aliphatic carbocycles. The molecule has 0 spiro atoms. The highest BCUT2D eigenvalue weighted by atomic mass is 16.6. The molecule has 0 unspecified atom stereocenters. The van der Waals surface area contributed by atoms with Gasteiger partial charge in [0.05, 0.1) is 5.92 Å². The van der Waals surface area contributed by atoms with Crippen molar-refractivity contribution in [2.75, 3.05) is 39.4 Å². The Morgan fingerprint density at radius 1 is 1.12 bits per heavy atom. The third-order valence-electron chi connectivity index (χ3n) is 5.55. The van der Waals surface area contributed by atoms with E-state index in [1.54, 1.807) is 0 Å². The minimum Gasteiger partial charge on any atom is -0.486 e. The molecular formula is C19H26N2O3. The summed E-state index contributed by atoms with van der Waals surface area (Å²) in [7, 11) is 0. The van der Waals surface area contributed by atoms with E-state index < -0.39 is 0 Å². The first kappa shape index (κ1) is 15.8. The molecule has 0 bridgehead atoms. The maximum absolute atomic E-state index is 13.0. The Morgan fingerprint density at radius 2 is 1.92 bits per heavy atom. The van der Waals surface area contributed by atoms with E-state index in [4.69, 9.17) is 9.47 Å². The van der Waals surface area contributed by atoms with Crippen LogP contribution >= 0.6 is 0 Å². The van der Waals surface area contributed by atoms with Gasteiger partial charge in [-0.3, -0.25) is 9.69 Å². The number of rotatable bonds is 2. The number of carbonyl (C=O) groups excluding carboxylic acids is 1. The minimum atomic E-state index is -0.145. The molecule has 1 aromatic carbocycles. The lowest BCUT2D eigenvalue weighted by atomic mass is 9.98. The van der Waals surface area contributed by atoms with Crippen LogP contribution in [0.1, 0.15) is 37.7 Å². The number of benzene rings is 1. The van der Waals surface area contributed by atoms with Gasteiger partial charge in [-0.2, -0.15) is 0 Å². The second-order valence-electron chi connectivity index (χ2n) is 7.09. The summed E-state index contributed by atoms with van der Waals surface area (Å²) < 4.78 is 11.2. The van der Waals surface area contributed by atoms with Gasteiger partial charge in [-0.1, -0.05) is 6.07 Å². The molecule has 0 aromatic heterocycles. The third kappa shape index (κ3) is 2.97. The zero-order chi connectivity index (χ0) is 16.5. The Bertz CT molecular complexity index is 619. The fourth-order valence-electron chi connectivity index (χ4n) is 4.15. The molecule has 2 fully saturated rings. The summed E-state index contributed by atoms with van der Waals surface area (Å²) in [6.07, 6.45) is 3.57. The predicted molar refractivity (Wildman–Crippen MR) is 91.6 cm³/mol. The van der Waals surface area contributed by atoms with Crippen LogP contribution < -0.4 is 9.47 Å². The van der Waals surface area contributed by atoms with Gasteiger partial charge in [-0.05, 0) is 50.4 Å². The van der Waals surface area contributed by atoms with Crippen LogP contribution in [-0.2, 0) is 4.79 Å². The van der Waals surface area contributed by atoms with Gasteiger partial charge in [0.2, 0.25) is 5.91 Å². The van der Waals surface area contributed by atoms with Gasteiger partial charge in [0.25, 0.3) is 0 Å². The number of nitrogens with zero attached hydrogens (tertiary/aromatic N) is 2. The van der Waals surface area contributed by atoms with Crippen LogP contribution in [0.3, 0.4) is 0 Å². The first-order valence-electron chi connectivity index (χ1n) is 9.15. The number of carbonyl (C=O) groups is 1. The minimum absolute atomic E-state index is 0.145. The van der Waals surface area contributed by atoms with Crippen LogP contribution in [0.25, 0.3) is 0 Å². The first-order chi connectivity index (χ1) is 11.7. The molecule has 3 aliphatic heterocycles. The quantitative estimate of drug-likeness (QED) is 0.834. The molecule has 5 heteroatoms. The molecule has 3 aliphatic rings. The Balaban J connectivity index is 1.49. The van der Waals surface area contributed by atoms with Gasteiger partial charge in [0.1, 0.15) is 13.2 Å². The largest absolute Gasteiger partial charge is 0.486 e. The van der Waals surface area contributed by atoms with Gasteiger partial charge in [0, 0.05) is 25.7 Å². The zero-order valence-corrected chi connectivity index (χ0v) is 14.4. The number of hydrogen-bond donors (Lipinski definition) is 0. The lowest BCUT2D eigenvalue weighted by molar-refractivity contribution is -0.132. The SMILES string of the molecule is C[C@@H](C(=O)N1CCCN2CCC[C@H]2C1)c1ccc2c(c1)OCCO2. The Kier molecular flexibility index (Phi) is 4.35. The Morgan fingerprint density at radius 3 is 2.79 bits per heavy atom. The van der Waals surface area contributed by atoms with Crippen LogP contribution in [0.15, 0.2) is 18.2 Å². The maximum atomic E-state index is 13.0. The molecule has 0 radical (unpaired) electrons. The fourth-order valence-corrected chi connectivity index (χ4v) is 4.15. The number of fused-ring (bicyclic) bond motifs is 2. The predicted octanol–water partition coefficient (Wildman–Crippen LogP) is 2.26. The molecular weight excluding hydrogens is 304 g/mol. The number of amides is 1. The Labute approximate surface area is 143 Å². The molecule has 1 amide bonds. The summed E-state index contributed by atoms with van der Waals surface area (Å²) in [5, 5.41) is 0. The van der Waals surface area contributed by atoms with Gasteiger partial charge < -0.3 is 14.4 Å². The molecule has 0 saturated carbocycles. The monoisotopic (exact) mass is 330 g/mol. The lowest BCUT2D eigenvalue weighted by Gasteiger charge is -2.28. The van der Waals surface area contributed by atoms with Crippen molar-refractivity contribution in [2.24, 2.45) is 0 Å². The molecule has 24 heavy (non-hydrogen) atoms. The number of ether oxygens (including phenoxy) is 2. The van der Waals surface area contributed by atoms with E-state index in [2.05, 4.69) is 9.80 Å². The number of hydrogen-bond acceptors (Lipinski definition) is 4. The van der Waals surface area contributed by atoms with Gasteiger partial charge >= 0.3 is 0 Å². The molecule has 4 rings (SSSR count). The smallest absolute Gasteiger partial charge is 0.229 e. The van der Waals surface area contributed by atoms with Gasteiger partial charge in [-0.15, -0.1) is 0 Å². The van der Waals surface area contributed by atoms with E-state index in [0.29, 0.717) is 19.3 Å². The lowest BCUT2D eigenvalue weighted by Crippen LogP contribution is -2.41. The summed E-state index contributed by atoms with van der Waals surface area (Å²) >= 11 is 0. The second kappa shape index (κ2) is 6.63. The van der Waals surface area contributed by atoms with Crippen LogP contribution in [-0.4, -0.2) is 61.1 Å². The molecule has 0 N–H and O–H groups in total. The van der Waals surface area contributed by atoms with Crippen LogP contribution in [0.4, 0.5) is 0 Å². The van der Waals surface area contributed by atoms with Crippen molar-refractivity contribution in [1.82, 2.24) is 9.80 Å². The summed E-state index contributed by atoms with van der Waals surface area (Å²) in [5.41, 5.74) is 1.01. The van der Waals surface area contributed by atoms with Crippen molar-refractivity contribution < 1.29 is 14.3 Å². The van der Waals surface area contributed by atoms with Gasteiger partial charge in [-0.25, -0.2) is 0 Å². The normalized spacial score (nSPS) is 25.0. The highest BCUT2D eigenvalue weighted by molar-refractivity contribution is 5.83. The average Bonchev–Trinajstić information content (AvgIpc) is 2.96. The topological polar surface area (TPSA) is 42.0 Å². The molecule has 2 atom stereocenters. The van der Waals surface area contributed by atoms with E-state index >= 15 is 0 Å². The first-order valence-corrected chi connectivity index (χ1v) is 9.15. The zero-order valence-electron chi connectivity index (χ0n) is 14.4. The summed E-state index contributed by atoms with van der Waals surface area (Å²) in [5.74, 6) is 1.63. The van der Waals surface area contributed by atoms with E-state index in [9.17, 15) is 4.79 Å². The second-order valence-corrected chi connectivity index (χ2v) is 7.09. The third-order valence-corrected chi connectivity index (χ3v) is 5.55. The van der Waals surface area contributed by atoms with Crippen LogP contribution in [0.2, 0.25) is 0 Å². The molecule has 130 valence electrons. The van der Waals surface area contributed by atoms with Crippen molar-refractivity contribution in [2.45, 2.75) is 38.1 Å². The van der Waals surface area contributed by atoms with Crippen molar-refractivity contribution in [3.05, 3.63) is 23.8 Å².